The molecule has 1 aliphatic heterocycles. The number of halogens is 2. The van der Waals surface area contributed by atoms with Gasteiger partial charge in [0.2, 0.25) is 0 Å². The summed E-state index contributed by atoms with van der Waals surface area (Å²) in [6, 6.07) is 13.4. The molecule has 0 radical (unpaired) electrons. The zero-order valence-corrected chi connectivity index (χ0v) is 13.4. The predicted octanol–water partition coefficient (Wildman–Crippen LogP) is 3.35. The molecule has 2 atom stereocenters. The first-order valence-electron chi connectivity index (χ1n) is 7.87. The third-order valence-electron chi connectivity index (χ3n) is 4.51. The minimum absolute atomic E-state index is 0.346. The third-order valence-corrected chi connectivity index (χ3v) is 4.51. The van der Waals surface area contributed by atoms with Gasteiger partial charge in [-0.15, -0.1) is 0 Å². The molecule has 2 aromatic carbocycles. The van der Waals surface area contributed by atoms with Crippen LogP contribution in [0.5, 0.6) is 0 Å². The molecule has 0 bridgehead atoms. The second-order valence-corrected chi connectivity index (χ2v) is 6.08. The summed E-state index contributed by atoms with van der Waals surface area (Å²) < 4.78 is 32.3. The lowest BCUT2D eigenvalue weighted by atomic mass is 9.88. The van der Waals surface area contributed by atoms with Gasteiger partial charge in [0.15, 0.2) is 0 Å². The number of nitrogens with zero attached hydrogens (tertiary/aromatic N) is 1. The molecular weight excluding hydrogens is 312 g/mol. The van der Waals surface area contributed by atoms with Gasteiger partial charge >= 0.3 is 5.97 Å². The topological polar surface area (TPSA) is 29.5 Å². The minimum Gasteiger partial charge on any atom is -0.469 e. The fourth-order valence-electron chi connectivity index (χ4n) is 3.36. The first kappa shape index (κ1) is 16.6. The van der Waals surface area contributed by atoms with Crippen LogP contribution in [-0.2, 0) is 16.1 Å². The Morgan fingerprint density at radius 1 is 1.17 bits per heavy atom. The molecule has 5 heteroatoms. The number of esters is 1. The Bertz CT molecular complexity index is 721. The highest BCUT2D eigenvalue weighted by molar-refractivity contribution is 5.74. The Balaban J connectivity index is 1.84. The van der Waals surface area contributed by atoms with E-state index < -0.39 is 17.6 Å². The summed E-state index contributed by atoms with van der Waals surface area (Å²) in [6.45, 7) is 1.69. The molecule has 0 amide bonds. The average molecular weight is 331 g/mol. The van der Waals surface area contributed by atoms with Gasteiger partial charge in [0.05, 0.1) is 13.0 Å². The first-order valence-corrected chi connectivity index (χ1v) is 7.87. The molecule has 24 heavy (non-hydrogen) atoms. The molecular formula is C19H19F2NO2. The Hall–Kier alpha value is -2.27. The number of carbonyl (C=O) groups is 1. The molecule has 3 nitrogen and oxygen atoms in total. The van der Waals surface area contributed by atoms with Crippen LogP contribution >= 0.6 is 0 Å². The molecule has 1 saturated heterocycles. The van der Waals surface area contributed by atoms with Crippen molar-refractivity contribution in [3.8, 4) is 0 Å². The highest BCUT2D eigenvalue weighted by Gasteiger charge is 2.40. The van der Waals surface area contributed by atoms with Gasteiger partial charge in [-0.2, -0.15) is 0 Å². The van der Waals surface area contributed by atoms with E-state index in [0.717, 1.165) is 11.6 Å². The monoisotopic (exact) mass is 331 g/mol. The Labute approximate surface area is 139 Å². The molecule has 126 valence electrons. The summed E-state index contributed by atoms with van der Waals surface area (Å²) in [5.41, 5.74) is 1.49. The zero-order chi connectivity index (χ0) is 17.1. The van der Waals surface area contributed by atoms with Crippen molar-refractivity contribution in [2.45, 2.75) is 12.5 Å². The van der Waals surface area contributed by atoms with E-state index in [4.69, 9.17) is 4.74 Å². The molecule has 1 aliphatic rings. The standard InChI is InChI=1S/C19H19F2NO2/c1-24-19(23)17-12-22(10-13-5-3-2-4-6-13)11-16(17)15-8-7-14(20)9-18(15)21/h2-9,16-17H,10-12H2,1H3/t16-,17-/m1/s1. The minimum atomic E-state index is -0.620. The SMILES string of the molecule is COC(=O)[C@@H]1CN(Cc2ccccc2)C[C@@H]1c1ccc(F)cc1F. The summed E-state index contributed by atoms with van der Waals surface area (Å²) in [5, 5.41) is 0. The maximum atomic E-state index is 14.2. The highest BCUT2D eigenvalue weighted by Crippen LogP contribution is 2.35. The number of ether oxygens (including phenoxy) is 1. The van der Waals surface area contributed by atoms with Crippen LogP contribution in [0.25, 0.3) is 0 Å². The normalized spacial score (nSPS) is 21.0. The van der Waals surface area contributed by atoms with Gasteiger partial charge in [-0.3, -0.25) is 9.69 Å². The lowest BCUT2D eigenvalue weighted by molar-refractivity contribution is -0.145. The van der Waals surface area contributed by atoms with E-state index in [1.165, 1.54) is 19.2 Å². The van der Waals surface area contributed by atoms with Gasteiger partial charge in [0, 0.05) is 31.6 Å². The summed E-state index contributed by atoms with van der Waals surface area (Å²) in [5.74, 6) is -2.40. The van der Waals surface area contributed by atoms with E-state index in [1.807, 2.05) is 30.3 Å². The van der Waals surface area contributed by atoms with Crippen molar-refractivity contribution in [1.29, 1.82) is 0 Å². The van der Waals surface area contributed by atoms with Gasteiger partial charge in [-0.05, 0) is 17.2 Å². The Morgan fingerprint density at radius 3 is 2.58 bits per heavy atom. The van der Waals surface area contributed by atoms with Crippen molar-refractivity contribution in [3.05, 3.63) is 71.3 Å². The van der Waals surface area contributed by atoms with Crippen LogP contribution in [0, 0.1) is 17.6 Å². The van der Waals surface area contributed by atoms with Crippen LogP contribution in [0.15, 0.2) is 48.5 Å². The second kappa shape index (κ2) is 7.09. The summed E-state index contributed by atoms with van der Waals surface area (Å²) in [6.07, 6.45) is 0. The molecule has 0 unspecified atom stereocenters. The van der Waals surface area contributed by atoms with Gasteiger partial charge in [-0.25, -0.2) is 8.78 Å². The molecule has 0 N–H and O–H groups in total. The molecule has 1 fully saturated rings. The summed E-state index contributed by atoms with van der Waals surface area (Å²) in [7, 11) is 1.33. The number of likely N-dealkylation sites (tertiary alicyclic amines) is 1. The van der Waals surface area contributed by atoms with E-state index in [2.05, 4.69) is 4.90 Å². The summed E-state index contributed by atoms with van der Waals surface area (Å²) >= 11 is 0. The van der Waals surface area contributed by atoms with Crippen molar-refractivity contribution in [1.82, 2.24) is 4.90 Å². The number of carbonyl (C=O) groups excluding carboxylic acids is 1. The number of methoxy groups -OCH3 is 1. The van der Waals surface area contributed by atoms with Crippen LogP contribution in [0.4, 0.5) is 8.78 Å². The Morgan fingerprint density at radius 2 is 1.92 bits per heavy atom. The lowest BCUT2D eigenvalue weighted by Crippen LogP contribution is -2.24. The van der Waals surface area contributed by atoms with Crippen molar-refractivity contribution in [2.24, 2.45) is 5.92 Å². The maximum absolute atomic E-state index is 14.2. The lowest BCUT2D eigenvalue weighted by Gasteiger charge is -2.17. The Kier molecular flexibility index (Phi) is 4.90. The summed E-state index contributed by atoms with van der Waals surface area (Å²) in [4.78, 5) is 14.2. The highest BCUT2D eigenvalue weighted by atomic mass is 19.1. The maximum Gasteiger partial charge on any atom is 0.310 e. The first-order chi connectivity index (χ1) is 11.6. The number of hydrogen-bond donors (Lipinski definition) is 0. The van der Waals surface area contributed by atoms with E-state index in [-0.39, 0.29) is 11.9 Å². The van der Waals surface area contributed by atoms with Gasteiger partial charge in [-0.1, -0.05) is 36.4 Å². The number of hydrogen-bond acceptors (Lipinski definition) is 3. The largest absolute Gasteiger partial charge is 0.469 e. The smallest absolute Gasteiger partial charge is 0.310 e. The molecule has 0 saturated carbocycles. The van der Waals surface area contributed by atoms with Crippen LogP contribution in [0.3, 0.4) is 0 Å². The molecule has 2 aromatic rings. The van der Waals surface area contributed by atoms with Crippen molar-refractivity contribution < 1.29 is 18.3 Å². The fraction of sp³-hybridized carbons (Fsp3) is 0.316. The van der Waals surface area contributed by atoms with E-state index in [0.29, 0.717) is 25.2 Å². The third kappa shape index (κ3) is 3.46. The molecule has 1 heterocycles. The van der Waals surface area contributed by atoms with E-state index >= 15 is 0 Å². The van der Waals surface area contributed by atoms with Crippen LogP contribution in [-0.4, -0.2) is 31.1 Å². The van der Waals surface area contributed by atoms with E-state index in [9.17, 15) is 13.6 Å². The molecule has 0 spiro atoms. The molecule has 0 aromatic heterocycles. The van der Waals surface area contributed by atoms with Gasteiger partial charge < -0.3 is 4.74 Å². The number of rotatable bonds is 4. The quantitative estimate of drug-likeness (QED) is 0.805. The molecule has 0 aliphatic carbocycles. The zero-order valence-electron chi connectivity index (χ0n) is 13.4. The van der Waals surface area contributed by atoms with Crippen molar-refractivity contribution in [3.63, 3.8) is 0 Å². The van der Waals surface area contributed by atoms with Gasteiger partial charge in [0.25, 0.3) is 0 Å². The van der Waals surface area contributed by atoms with Gasteiger partial charge in [0.1, 0.15) is 11.6 Å². The van der Waals surface area contributed by atoms with E-state index in [1.54, 1.807) is 0 Å². The predicted molar refractivity (Wildman–Crippen MR) is 86.3 cm³/mol. The molecule has 3 rings (SSSR count). The van der Waals surface area contributed by atoms with Crippen LogP contribution in [0.2, 0.25) is 0 Å². The van der Waals surface area contributed by atoms with Crippen LogP contribution in [0.1, 0.15) is 17.0 Å². The van der Waals surface area contributed by atoms with Crippen molar-refractivity contribution in [2.75, 3.05) is 20.2 Å². The fourth-order valence-corrected chi connectivity index (χ4v) is 3.36. The van der Waals surface area contributed by atoms with Crippen molar-refractivity contribution >= 4 is 5.97 Å². The average Bonchev–Trinajstić information content (AvgIpc) is 2.98. The van der Waals surface area contributed by atoms with Crippen LogP contribution < -0.4 is 0 Å². The number of benzene rings is 2. The second-order valence-electron chi connectivity index (χ2n) is 6.08.